The van der Waals surface area contributed by atoms with Crippen LogP contribution in [0, 0.1) is 5.92 Å². The van der Waals surface area contributed by atoms with Crippen molar-refractivity contribution in [1.82, 2.24) is 20.2 Å². The van der Waals surface area contributed by atoms with Gasteiger partial charge in [0.25, 0.3) is 0 Å². The van der Waals surface area contributed by atoms with E-state index in [1.807, 2.05) is 0 Å². The van der Waals surface area contributed by atoms with E-state index in [2.05, 4.69) is 25.5 Å². The van der Waals surface area contributed by atoms with Crippen molar-refractivity contribution in [2.24, 2.45) is 5.92 Å². The minimum absolute atomic E-state index is 0.0524. The van der Waals surface area contributed by atoms with Gasteiger partial charge in [-0.05, 0) is 12.8 Å². The topological polar surface area (TPSA) is 83.6 Å². The highest BCUT2D eigenvalue weighted by atomic mass is 16.2. The third kappa shape index (κ3) is 2.01. The molecule has 2 aromatic rings. The van der Waals surface area contributed by atoms with Crippen LogP contribution in [0.5, 0.6) is 0 Å². The summed E-state index contributed by atoms with van der Waals surface area (Å²) in [6.45, 7) is 0. The Kier molecular flexibility index (Phi) is 2.32. The molecule has 1 aliphatic rings. The average Bonchev–Trinajstić information content (AvgIpc) is 3.12. The monoisotopic (exact) mass is 229 g/mol. The van der Waals surface area contributed by atoms with Gasteiger partial charge in [-0.2, -0.15) is 5.10 Å². The second-order valence-corrected chi connectivity index (χ2v) is 4.01. The van der Waals surface area contributed by atoms with E-state index < -0.39 is 0 Å². The van der Waals surface area contributed by atoms with Crippen LogP contribution in [0.2, 0.25) is 0 Å². The first kappa shape index (κ1) is 9.95. The van der Waals surface area contributed by atoms with Gasteiger partial charge in [-0.25, -0.2) is 0 Å². The molecule has 0 saturated heterocycles. The van der Waals surface area contributed by atoms with Crippen LogP contribution in [0.3, 0.4) is 0 Å². The number of aromatic nitrogens is 4. The second-order valence-electron chi connectivity index (χ2n) is 4.01. The Morgan fingerprint density at radius 1 is 1.35 bits per heavy atom. The zero-order chi connectivity index (χ0) is 11.7. The summed E-state index contributed by atoms with van der Waals surface area (Å²) in [5.41, 5.74) is 2.01. The summed E-state index contributed by atoms with van der Waals surface area (Å²) in [6, 6.07) is 0. The Bertz CT molecular complexity index is 532. The van der Waals surface area contributed by atoms with Crippen LogP contribution in [0.1, 0.15) is 12.8 Å². The smallest absolute Gasteiger partial charge is 0.227 e. The van der Waals surface area contributed by atoms with Crippen molar-refractivity contribution >= 4 is 11.6 Å². The van der Waals surface area contributed by atoms with Crippen LogP contribution in [0.25, 0.3) is 11.4 Å². The van der Waals surface area contributed by atoms with Crippen molar-refractivity contribution in [2.45, 2.75) is 12.8 Å². The zero-order valence-electron chi connectivity index (χ0n) is 9.05. The molecule has 0 atom stereocenters. The fourth-order valence-corrected chi connectivity index (χ4v) is 1.58. The average molecular weight is 229 g/mol. The van der Waals surface area contributed by atoms with Gasteiger partial charge in [-0.15, -0.1) is 0 Å². The van der Waals surface area contributed by atoms with E-state index in [4.69, 9.17) is 0 Å². The molecule has 2 heterocycles. The minimum Gasteiger partial charge on any atom is -0.323 e. The quantitative estimate of drug-likeness (QED) is 0.828. The highest BCUT2D eigenvalue weighted by Gasteiger charge is 2.30. The fourth-order valence-electron chi connectivity index (χ4n) is 1.58. The lowest BCUT2D eigenvalue weighted by Gasteiger charge is -2.03. The van der Waals surface area contributed by atoms with E-state index in [-0.39, 0.29) is 11.8 Å². The van der Waals surface area contributed by atoms with Crippen molar-refractivity contribution in [2.75, 3.05) is 5.32 Å². The molecule has 6 heteroatoms. The van der Waals surface area contributed by atoms with Gasteiger partial charge < -0.3 is 5.32 Å². The van der Waals surface area contributed by atoms with Gasteiger partial charge in [0.1, 0.15) is 11.4 Å². The molecule has 1 fully saturated rings. The van der Waals surface area contributed by atoms with Gasteiger partial charge in [0, 0.05) is 18.3 Å². The van der Waals surface area contributed by atoms with Crippen LogP contribution >= 0.6 is 0 Å². The van der Waals surface area contributed by atoms with Gasteiger partial charge in [0.15, 0.2) is 0 Å². The van der Waals surface area contributed by atoms with Gasteiger partial charge in [-0.1, -0.05) is 0 Å². The molecule has 0 bridgehead atoms. The number of carbonyl (C=O) groups excluding carboxylic acids is 1. The third-order valence-electron chi connectivity index (χ3n) is 2.66. The van der Waals surface area contributed by atoms with Gasteiger partial charge in [-0.3, -0.25) is 19.9 Å². The minimum atomic E-state index is 0.0524. The third-order valence-corrected chi connectivity index (χ3v) is 2.66. The van der Waals surface area contributed by atoms with Crippen molar-refractivity contribution in [3.8, 4) is 11.4 Å². The number of carbonyl (C=O) groups is 1. The number of hydrogen-bond donors (Lipinski definition) is 2. The summed E-state index contributed by atoms with van der Waals surface area (Å²) in [7, 11) is 0. The Balaban J connectivity index is 1.86. The van der Waals surface area contributed by atoms with E-state index in [9.17, 15) is 4.79 Å². The fraction of sp³-hybridized carbons (Fsp3) is 0.273. The molecule has 86 valence electrons. The number of anilines is 1. The molecule has 1 aliphatic carbocycles. The molecule has 2 aromatic heterocycles. The second kappa shape index (κ2) is 3.97. The van der Waals surface area contributed by atoms with E-state index >= 15 is 0 Å². The molecule has 0 aliphatic heterocycles. The highest BCUT2D eigenvalue weighted by molar-refractivity contribution is 5.96. The van der Waals surface area contributed by atoms with Crippen molar-refractivity contribution < 1.29 is 4.79 Å². The molecular weight excluding hydrogens is 218 g/mol. The molecule has 3 rings (SSSR count). The Morgan fingerprint density at radius 2 is 2.24 bits per heavy atom. The predicted octanol–water partition coefficient (Wildman–Crippen LogP) is 1.22. The van der Waals surface area contributed by atoms with Gasteiger partial charge in [0.05, 0.1) is 18.1 Å². The van der Waals surface area contributed by atoms with Crippen LogP contribution in [0.15, 0.2) is 24.8 Å². The SMILES string of the molecule is O=C(Nc1cn[nH]c1-c1cnccn1)C1CC1. The molecular formula is C11H11N5O. The van der Waals surface area contributed by atoms with Crippen molar-refractivity contribution in [3.63, 3.8) is 0 Å². The standard InChI is InChI=1S/C11H11N5O/c17-11(7-1-2-7)15-9-6-14-16-10(9)8-5-12-3-4-13-8/h3-7H,1-2H2,(H,14,16)(H,15,17). The summed E-state index contributed by atoms with van der Waals surface area (Å²) in [6.07, 6.45) is 8.36. The number of hydrogen-bond acceptors (Lipinski definition) is 4. The molecule has 1 amide bonds. The number of H-pyrrole nitrogens is 1. The predicted molar refractivity (Wildman–Crippen MR) is 61.0 cm³/mol. The van der Waals surface area contributed by atoms with Crippen LogP contribution in [-0.4, -0.2) is 26.1 Å². The lowest BCUT2D eigenvalue weighted by molar-refractivity contribution is -0.117. The summed E-state index contributed by atoms with van der Waals surface area (Å²) >= 11 is 0. The molecule has 6 nitrogen and oxygen atoms in total. The maximum Gasteiger partial charge on any atom is 0.227 e. The Hall–Kier alpha value is -2.24. The first-order valence-electron chi connectivity index (χ1n) is 5.45. The first-order chi connectivity index (χ1) is 8.34. The summed E-state index contributed by atoms with van der Waals surface area (Å²) in [5.74, 6) is 0.219. The largest absolute Gasteiger partial charge is 0.323 e. The molecule has 0 aromatic carbocycles. The van der Waals surface area contributed by atoms with Crippen molar-refractivity contribution in [1.29, 1.82) is 0 Å². The number of rotatable bonds is 3. The number of nitrogens with zero attached hydrogens (tertiary/aromatic N) is 3. The summed E-state index contributed by atoms with van der Waals surface area (Å²) < 4.78 is 0. The van der Waals surface area contributed by atoms with E-state index in [1.54, 1.807) is 24.8 Å². The molecule has 17 heavy (non-hydrogen) atoms. The van der Waals surface area contributed by atoms with Gasteiger partial charge in [0.2, 0.25) is 5.91 Å². The lowest BCUT2D eigenvalue weighted by atomic mass is 10.2. The molecule has 0 unspecified atom stereocenters. The highest BCUT2D eigenvalue weighted by Crippen LogP contribution is 2.31. The van der Waals surface area contributed by atoms with Gasteiger partial charge >= 0.3 is 0 Å². The summed E-state index contributed by atoms with van der Waals surface area (Å²) in [5, 5.41) is 9.59. The Morgan fingerprint density at radius 3 is 2.94 bits per heavy atom. The van der Waals surface area contributed by atoms with Crippen LogP contribution in [0.4, 0.5) is 5.69 Å². The zero-order valence-corrected chi connectivity index (χ0v) is 9.05. The van der Waals surface area contributed by atoms with E-state index in [0.717, 1.165) is 12.8 Å². The van der Waals surface area contributed by atoms with E-state index in [1.165, 1.54) is 0 Å². The number of nitrogens with one attached hydrogen (secondary N) is 2. The van der Waals surface area contributed by atoms with Crippen molar-refractivity contribution in [3.05, 3.63) is 24.8 Å². The normalized spacial score (nSPS) is 14.6. The molecule has 0 spiro atoms. The maximum absolute atomic E-state index is 11.7. The van der Waals surface area contributed by atoms with Crippen LogP contribution in [-0.2, 0) is 4.79 Å². The van der Waals surface area contributed by atoms with Crippen LogP contribution < -0.4 is 5.32 Å². The maximum atomic E-state index is 11.7. The lowest BCUT2D eigenvalue weighted by Crippen LogP contribution is -2.13. The number of aromatic amines is 1. The molecule has 2 N–H and O–H groups in total. The summed E-state index contributed by atoms with van der Waals surface area (Å²) in [4.78, 5) is 19.8. The number of amides is 1. The molecule has 1 saturated carbocycles. The molecule has 0 radical (unpaired) electrons. The first-order valence-corrected chi connectivity index (χ1v) is 5.45. The van der Waals surface area contributed by atoms with E-state index in [0.29, 0.717) is 17.1 Å². The Labute approximate surface area is 97.5 Å².